The Bertz CT molecular complexity index is 744. The van der Waals surface area contributed by atoms with Crippen LogP contribution in [0.1, 0.15) is 38.6 Å². The van der Waals surface area contributed by atoms with Gasteiger partial charge in [0.15, 0.2) is 11.0 Å². The van der Waals surface area contributed by atoms with E-state index >= 15 is 0 Å². The summed E-state index contributed by atoms with van der Waals surface area (Å²) >= 11 is 1.45. The van der Waals surface area contributed by atoms with Crippen molar-refractivity contribution >= 4 is 17.7 Å². The molecule has 2 atom stereocenters. The Morgan fingerprint density at radius 3 is 2.65 bits per heavy atom. The number of carbonyl (C=O) groups excluding carboxylic acids is 1. The number of nitrogens with zero attached hydrogens (tertiary/aromatic N) is 3. The number of thioether (sulfide) groups is 1. The lowest BCUT2D eigenvalue weighted by atomic mass is 9.85. The van der Waals surface area contributed by atoms with Crippen LogP contribution in [-0.2, 0) is 4.79 Å². The second-order valence-corrected chi connectivity index (χ2v) is 7.64. The largest absolute Gasteiger partial charge is 0.497 e. The molecule has 1 saturated carbocycles. The summed E-state index contributed by atoms with van der Waals surface area (Å²) in [6, 6.07) is 8.27. The molecule has 1 heterocycles. The van der Waals surface area contributed by atoms with Crippen LogP contribution in [-0.4, -0.2) is 40.6 Å². The van der Waals surface area contributed by atoms with Crippen molar-refractivity contribution in [2.45, 2.75) is 43.8 Å². The molecule has 26 heavy (non-hydrogen) atoms. The maximum Gasteiger partial charge on any atom is 0.230 e. The summed E-state index contributed by atoms with van der Waals surface area (Å²) in [7, 11) is 3.31. The van der Waals surface area contributed by atoms with Gasteiger partial charge < -0.3 is 10.1 Å². The van der Waals surface area contributed by atoms with Crippen LogP contribution in [0.25, 0.3) is 11.4 Å². The number of carbonyl (C=O) groups is 1. The van der Waals surface area contributed by atoms with Crippen LogP contribution in [0.3, 0.4) is 0 Å². The van der Waals surface area contributed by atoms with E-state index in [2.05, 4.69) is 27.0 Å². The van der Waals surface area contributed by atoms with Crippen molar-refractivity contribution < 1.29 is 9.53 Å². The quantitative estimate of drug-likeness (QED) is 0.783. The number of methoxy groups -OCH3 is 1. The second kappa shape index (κ2) is 8.58. The molecular weight excluding hydrogens is 348 g/mol. The van der Waals surface area contributed by atoms with E-state index < -0.39 is 0 Å². The summed E-state index contributed by atoms with van der Waals surface area (Å²) in [5.41, 5.74) is 1.02. The molecule has 0 spiro atoms. The van der Waals surface area contributed by atoms with Crippen LogP contribution >= 0.6 is 11.8 Å². The van der Waals surface area contributed by atoms with Crippen molar-refractivity contribution in [1.82, 2.24) is 20.1 Å². The van der Waals surface area contributed by atoms with Crippen molar-refractivity contribution in [1.29, 1.82) is 0 Å². The topological polar surface area (TPSA) is 69.0 Å². The minimum Gasteiger partial charge on any atom is -0.497 e. The third kappa shape index (κ3) is 4.03. The van der Waals surface area contributed by atoms with Gasteiger partial charge in [-0.05, 0) is 43.0 Å². The smallest absolute Gasteiger partial charge is 0.230 e. The van der Waals surface area contributed by atoms with E-state index in [1.807, 2.05) is 24.3 Å². The lowest BCUT2D eigenvalue weighted by Gasteiger charge is -2.31. The molecule has 0 aliphatic heterocycles. The number of hydrogen-bond acceptors (Lipinski definition) is 5. The molecule has 140 valence electrons. The normalized spacial score (nSPS) is 20.0. The first kappa shape index (κ1) is 18.8. The first-order chi connectivity index (χ1) is 12.6. The van der Waals surface area contributed by atoms with Gasteiger partial charge in [-0.1, -0.05) is 31.5 Å². The molecule has 2 aromatic rings. The first-order valence-electron chi connectivity index (χ1n) is 9.06. The molecule has 1 aromatic heterocycles. The summed E-state index contributed by atoms with van der Waals surface area (Å²) in [5, 5.41) is 12.4. The highest BCUT2D eigenvalue weighted by Crippen LogP contribution is 2.39. The Morgan fingerprint density at radius 1 is 1.27 bits per heavy atom. The highest BCUT2D eigenvalue weighted by atomic mass is 32.2. The van der Waals surface area contributed by atoms with Crippen molar-refractivity contribution in [3.63, 3.8) is 0 Å². The highest BCUT2D eigenvalue weighted by Gasteiger charge is 2.28. The van der Waals surface area contributed by atoms with Crippen molar-refractivity contribution in [2.75, 3.05) is 19.9 Å². The average Bonchev–Trinajstić information content (AvgIpc) is 3.10. The fourth-order valence-corrected chi connectivity index (χ4v) is 4.36. The molecule has 0 unspecified atom stereocenters. The number of nitrogens with one attached hydrogen (secondary N) is 1. The van der Waals surface area contributed by atoms with Crippen molar-refractivity contribution in [2.24, 2.45) is 5.92 Å². The summed E-state index contributed by atoms with van der Waals surface area (Å²) < 4.78 is 7.51. The fourth-order valence-electron chi connectivity index (χ4n) is 3.49. The van der Waals surface area contributed by atoms with Crippen LogP contribution in [0.4, 0.5) is 0 Å². The Labute approximate surface area is 158 Å². The molecule has 0 bridgehead atoms. The predicted octanol–water partition coefficient (Wildman–Crippen LogP) is 3.54. The maximum atomic E-state index is 11.7. The Morgan fingerprint density at radius 2 is 2.00 bits per heavy atom. The van der Waals surface area contributed by atoms with Gasteiger partial charge in [-0.25, -0.2) is 0 Å². The molecule has 6 nitrogen and oxygen atoms in total. The average molecular weight is 375 g/mol. The molecular formula is C19H26N4O2S. The van der Waals surface area contributed by atoms with Gasteiger partial charge in [0.05, 0.1) is 12.9 Å². The van der Waals surface area contributed by atoms with Crippen molar-refractivity contribution in [3.05, 3.63) is 24.3 Å². The number of rotatable bonds is 6. The van der Waals surface area contributed by atoms with E-state index in [-0.39, 0.29) is 5.91 Å². The van der Waals surface area contributed by atoms with E-state index in [1.165, 1.54) is 31.0 Å². The minimum atomic E-state index is -0.00719. The standard InChI is InChI=1S/C19H26N4O2S/c1-13-6-4-5-7-16(13)23-18(14-8-10-15(25-3)11-9-14)21-22-19(23)26-12-17(24)20-2/h8-11,13,16H,4-7,12H2,1-3H3,(H,20,24)/t13-,16+/m1/s1. The zero-order chi connectivity index (χ0) is 18.5. The third-order valence-electron chi connectivity index (χ3n) is 5.02. The van der Waals surface area contributed by atoms with E-state index in [0.717, 1.165) is 28.7 Å². The monoisotopic (exact) mass is 374 g/mol. The number of aromatic nitrogens is 3. The van der Waals surface area contributed by atoms with Gasteiger partial charge in [0, 0.05) is 18.7 Å². The second-order valence-electron chi connectivity index (χ2n) is 6.70. The molecule has 1 N–H and O–H groups in total. The molecule has 7 heteroatoms. The first-order valence-corrected chi connectivity index (χ1v) is 10.0. The number of benzene rings is 1. The van der Waals surface area contributed by atoms with Gasteiger partial charge in [-0.2, -0.15) is 0 Å². The molecule has 0 radical (unpaired) electrons. The Hall–Kier alpha value is -2.02. The Balaban J connectivity index is 1.97. The predicted molar refractivity (Wildman–Crippen MR) is 103 cm³/mol. The molecule has 1 amide bonds. The summed E-state index contributed by atoms with van der Waals surface area (Å²) in [4.78, 5) is 11.7. The SMILES string of the molecule is CNC(=O)CSc1nnc(-c2ccc(OC)cc2)n1[C@H]1CCCC[C@H]1C. The molecule has 3 rings (SSSR count). The van der Waals surface area contributed by atoms with E-state index in [1.54, 1.807) is 14.2 Å². The van der Waals surface area contributed by atoms with Crippen LogP contribution in [0, 0.1) is 5.92 Å². The summed E-state index contributed by atoms with van der Waals surface area (Å²) in [6.45, 7) is 2.30. The van der Waals surface area contributed by atoms with Crippen LogP contribution in [0.2, 0.25) is 0 Å². The van der Waals surface area contributed by atoms with E-state index in [9.17, 15) is 4.79 Å². The minimum absolute atomic E-state index is 0.00719. The summed E-state index contributed by atoms with van der Waals surface area (Å²) in [6.07, 6.45) is 4.83. The summed E-state index contributed by atoms with van der Waals surface area (Å²) in [5.74, 6) is 2.59. The fraction of sp³-hybridized carbons (Fsp3) is 0.526. The van der Waals surface area contributed by atoms with Crippen LogP contribution in [0.15, 0.2) is 29.4 Å². The maximum absolute atomic E-state index is 11.7. The van der Waals surface area contributed by atoms with Gasteiger partial charge in [0.2, 0.25) is 5.91 Å². The highest BCUT2D eigenvalue weighted by molar-refractivity contribution is 7.99. The molecule has 1 aliphatic carbocycles. The third-order valence-corrected chi connectivity index (χ3v) is 5.96. The van der Waals surface area contributed by atoms with Gasteiger partial charge in [0.25, 0.3) is 0 Å². The molecule has 0 saturated heterocycles. The van der Waals surface area contributed by atoms with Gasteiger partial charge in [-0.3, -0.25) is 9.36 Å². The number of amides is 1. The molecule has 1 aromatic carbocycles. The van der Waals surface area contributed by atoms with Crippen LogP contribution in [0.5, 0.6) is 5.75 Å². The van der Waals surface area contributed by atoms with E-state index in [4.69, 9.17) is 4.74 Å². The molecule has 1 aliphatic rings. The number of ether oxygens (including phenoxy) is 1. The van der Waals surface area contributed by atoms with Gasteiger partial charge in [0.1, 0.15) is 5.75 Å². The van der Waals surface area contributed by atoms with Gasteiger partial charge in [-0.15, -0.1) is 10.2 Å². The number of hydrogen-bond donors (Lipinski definition) is 1. The van der Waals surface area contributed by atoms with Crippen LogP contribution < -0.4 is 10.1 Å². The Kier molecular flexibility index (Phi) is 6.19. The lowest BCUT2D eigenvalue weighted by molar-refractivity contribution is -0.118. The van der Waals surface area contributed by atoms with E-state index in [0.29, 0.717) is 17.7 Å². The molecule has 1 fully saturated rings. The van der Waals surface area contributed by atoms with Gasteiger partial charge >= 0.3 is 0 Å². The lowest BCUT2D eigenvalue weighted by Crippen LogP contribution is -2.23. The zero-order valence-corrected chi connectivity index (χ0v) is 16.4. The zero-order valence-electron chi connectivity index (χ0n) is 15.6. The van der Waals surface area contributed by atoms with Crippen molar-refractivity contribution in [3.8, 4) is 17.1 Å².